The lowest BCUT2D eigenvalue weighted by Crippen LogP contribution is -2.37. The van der Waals surface area contributed by atoms with Crippen LogP contribution in [0.25, 0.3) is 11.2 Å². The van der Waals surface area contributed by atoms with E-state index in [0.717, 1.165) is 4.57 Å². The molecule has 0 aliphatic rings. The summed E-state index contributed by atoms with van der Waals surface area (Å²) in [5.74, 6) is 0. The van der Waals surface area contributed by atoms with Crippen LogP contribution in [0.2, 0.25) is 0 Å². The largest absolute Gasteiger partial charge is 0.528 e. The normalized spacial score (nSPS) is 11.2. The van der Waals surface area contributed by atoms with Crippen molar-refractivity contribution in [1.29, 1.82) is 0 Å². The summed E-state index contributed by atoms with van der Waals surface area (Å²) in [5.41, 5.74) is -0.0366. The van der Waals surface area contributed by atoms with Gasteiger partial charge in [-0.05, 0) is 0 Å². The minimum absolute atomic E-state index is 0.349. The summed E-state index contributed by atoms with van der Waals surface area (Å²) in [6, 6.07) is 0.361. The first-order valence-electron chi connectivity index (χ1n) is 4.65. The Balaban J connectivity index is 3.13. The summed E-state index contributed by atoms with van der Waals surface area (Å²) in [7, 11) is 5.19. The van der Waals surface area contributed by atoms with Crippen LogP contribution in [0.1, 0.15) is 0 Å². The van der Waals surface area contributed by atoms with Crippen molar-refractivity contribution in [2.24, 2.45) is 21.1 Å². The Morgan fingerprint density at radius 2 is 1.75 bits per heavy atom. The molecule has 86 valence electrons. The first kappa shape index (κ1) is 10.7. The Labute approximate surface area is 93.4 Å². The fourth-order valence-corrected chi connectivity index (χ4v) is 2.05. The number of hydrogen-bond donors (Lipinski definition) is 0. The summed E-state index contributed by atoms with van der Waals surface area (Å²) in [4.78, 5) is 27.7. The van der Waals surface area contributed by atoms with E-state index in [1.807, 2.05) is 0 Å². The Hall–Kier alpha value is -1.83. The van der Waals surface area contributed by atoms with Crippen molar-refractivity contribution in [3.63, 3.8) is 0 Å². The van der Waals surface area contributed by atoms with Crippen LogP contribution >= 0.6 is 0 Å². The molecular weight excluding hydrogens is 228 g/mol. The maximum atomic E-state index is 11.9. The van der Waals surface area contributed by atoms with Gasteiger partial charge in [0.2, 0.25) is 10.5 Å². The van der Waals surface area contributed by atoms with Gasteiger partial charge in [-0.25, -0.2) is 4.79 Å². The predicted molar refractivity (Wildman–Crippen MR) is 61.8 cm³/mol. The van der Waals surface area contributed by atoms with Crippen molar-refractivity contribution >= 4 is 21.6 Å². The molecule has 0 amide bonds. The van der Waals surface area contributed by atoms with Gasteiger partial charge in [0, 0.05) is 21.1 Å². The van der Waals surface area contributed by atoms with E-state index < -0.39 is 5.69 Å². The molecule has 7 nitrogen and oxygen atoms in total. The summed E-state index contributed by atoms with van der Waals surface area (Å²) < 4.78 is 9.10. The minimum Gasteiger partial charge on any atom is -0.528 e. The second-order valence-corrected chi connectivity index (χ2v) is 3.94. The third-order valence-electron chi connectivity index (χ3n) is 2.62. The number of aryl methyl sites for hydroxylation is 2. The topological polar surface area (TPSA) is 71.1 Å². The first-order chi connectivity index (χ1) is 7.49. The third-order valence-corrected chi connectivity index (χ3v) is 2.98. The van der Waals surface area contributed by atoms with Crippen molar-refractivity contribution in [3.05, 3.63) is 20.8 Å². The van der Waals surface area contributed by atoms with Crippen molar-refractivity contribution in [2.75, 3.05) is 0 Å². The molecule has 0 unspecified atom stereocenters. The maximum absolute atomic E-state index is 11.9. The SMILES string of the molecule is Cn1c(=O)c2c(nc(O[SiH3])n2C)n(C)c1=O. The second-order valence-electron chi connectivity index (χ2n) is 3.54. The zero-order valence-electron chi connectivity index (χ0n) is 9.51. The van der Waals surface area contributed by atoms with Gasteiger partial charge in [0.15, 0.2) is 11.2 Å². The van der Waals surface area contributed by atoms with E-state index in [2.05, 4.69) is 4.98 Å². The molecule has 0 bridgehead atoms. The molecule has 2 rings (SSSR count). The van der Waals surface area contributed by atoms with Crippen molar-refractivity contribution in [2.45, 2.75) is 0 Å². The molecule has 0 radical (unpaired) electrons. The number of nitrogens with zero attached hydrogens (tertiary/aromatic N) is 4. The van der Waals surface area contributed by atoms with Gasteiger partial charge < -0.3 is 4.43 Å². The highest BCUT2D eigenvalue weighted by molar-refractivity contribution is 5.99. The Morgan fingerprint density at radius 1 is 1.12 bits per heavy atom. The number of rotatable bonds is 1. The molecule has 0 aliphatic carbocycles. The van der Waals surface area contributed by atoms with E-state index in [-0.39, 0.29) is 5.56 Å². The van der Waals surface area contributed by atoms with E-state index in [1.165, 1.54) is 11.6 Å². The minimum atomic E-state index is -0.393. The van der Waals surface area contributed by atoms with Gasteiger partial charge in [-0.2, -0.15) is 4.98 Å². The van der Waals surface area contributed by atoms with E-state index in [1.54, 1.807) is 18.7 Å². The average molecular weight is 240 g/mol. The Kier molecular flexibility index (Phi) is 2.23. The van der Waals surface area contributed by atoms with Crippen LogP contribution in [0.5, 0.6) is 6.01 Å². The summed E-state index contributed by atoms with van der Waals surface area (Å²) in [6.07, 6.45) is 0. The van der Waals surface area contributed by atoms with Crippen molar-refractivity contribution in [3.8, 4) is 6.01 Å². The van der Waals surface area contributed by atoms with Gasteiger partial charge in [-0.3, -0.25) is 18.5 Å². The van der Waals surface area contributed by atoms with Gasteiger partial charge in [-0.15, -0.1) is 0 Å². The van der Waals surface area contributed by atoms with Crippen molar-refractivity contribution < 1.29 is 4.43 Å². The van der Waals surface area contributed by atoms with Gasteiger partial charge in [0.05, 0.1) is 0 Å². The molecule has 0 saturated carbocycles. The smallest absolute Gasteiger partial charge is 0.332 e. The molecular formula is C8H12N4O3Si. The van der Waals surface area contributed by atoms with Gasteiger partial charge in [0.1, 0.15) is 0 Å². The fraction of sp³-hybridized carbons (Fsp3) is 0.375. The average Bonchev–Trinajstić information content (AvgIpc) is 2.61. The van der Waals surface area contributed by atoms with Crippen LogP contribution in [0, 0.1) is 0 Å². The number of fused-ring (bicyclic) bond motifs is 1. The summed E-state index contributed by atoms with van der Waals surface area (Å²) in [6.45, 7) is 0. The van der Waals surface area contributed by atoms with Crippen LogP contribution in [-0.4, -0.2) is 29.2 Å². The summed E-state index contributed by atoms with van der Waals surface area (Å²) in [5, 5.41) is 0. The summed E-state index contributed by atoms with van der Waals surface area (Å²) >= 11 is 0. The molecule has 2 aromatic rings. The van der Waals surface area contributed by atoms with Crippen LogP contribution in [0.3, 0.4) is 0 Å². The van der Waals surface area contributed by atoms with Crippen LogP contribution in [-0.2, 0) is 21.1 Å². The lowest BCUT2D eigenvalue weighted by atomic mass is 10.5. The van der Waals surface area contributed by atoms with E-state index in [4.69, 9.17) is 4.43 Å². The third kappa shape index (κ3) is 1.16. The quantitative estimate of drug-likeness (QED) is 0.522. The standard InChI is InChI=1S/C8H12N4O3Si/c1-10-4-5(9-7(10)15-16)11(2)8(14)12(3)6(4)13/h1-3,16H3. The Bertz CT molecular complexity index is 681. The molecule has 8 heteroatoms. The number of hydrogen-bond acceptors (Lipinski definition) is 4. The van der Waals surface area contributed by atoms with E-state index in [9.17, 15) is 9.59 Å². The van der Waals surface area contributed by atoms with Gasteiger partial charge >= 0.3 is 5.69 Å². The highest BCUT2D eigenvalue weighted by Gasteiger charge is 2.16. The highest BCUT2D eigenvalue weighted by atomic mass is 28.2. The molecule has 16 heavy (non-hydrogen) atoms. The van der Waals surface area contributed by atoms with Crippen LogP contribution < -0.4 is 15.7 Å². The molecule has 0 saturated heterocycles. The Morgan fingerprint density at radius 3 is 2.31 bits per heavy atom. The molecule has 0 aliphatic heterocycles. The van der Waals surface area contributed by atoms with E-state index >= 15 is 0 Å². The highest BCUT2D eigenvalue weighted by Crippen LogP contribution is 2.13. The molecule has 0 N–H and O–H groups in total. The zero-order chi connectivity index (χ0) is 12.0. The van der Waals surface area contributed by atoms with Gasteiger partial charge in [0.25, 0.3) is 11.6 Å². The van der Waals surface area contributed by atoms with Crippen LogP contribution in [0.4, 0.5) is 0 Å². The second kappa shape index (κ2) is 3.34. The monoisotopic (exact) mass is 240 g/mol. The molecule has 0 fully saturated rings. The van der Waals surface area contributed by atoms with Crippen molar-refractivity contribution in [1.82, 2.24) is 18.7 Å². The zero-order valence-corrected chi connectivity index (χ0v) is 11.5. The molecule has 0 aromatic carbocycles. The lowest BCUT2D eigenvalue weighted by molar-refractivity contribution is 0.535. The maximum Gasteiger partial charge on any atom is 0.332 e. The van der Waals surface area contributed by atoms with E-state index in [0.29, 0.717) is 27.7 Å². The van der Waals surface area contributed by atoms with Crippen LogP contribution in [0.15, 0.2) is 9.59 Å². The molecule has 2 heterocycles. The van der Waals surface area contributed by atoms with Gasteiger partial charge in [-0.1, -0.05) is 0 Å². The molecule has 2 aromatic heterocycles. The number of imidazole rings is 1. The molecule has 0 atom stereocenters. The number of aromatic nitrogens is 4. The first-order valence-corrected chi connectivity index (χ1v) is 5.47. The predicted octanol–water partition coefficient (Wildman–Crippen LogP) is -2.37. The fourth-order valence-electron chi connectivity index (χ4n) is 1.68. The lowest BCUT2D eigenvalue weighted by Gasteiger charge is -2.02. The molecule has 0 spiro atoms.